The van der Waals surface area contributed by atoms with Crippen LogP contribution < -0.4 is 5.32 Å². The number of amides is 1. The van der Waals surface area contributed by atoms with Gasteiger partial charge < -0.3 is 5.32 Å². The van der Waals surface area contributed by atoms with Gasteiger partial charge in [0.2, 0.25) is 0 Å². The standard InChI is InChI=1S/C23H22ClNO3S2/c1-30(27,28)18-10-11-20(24)19(14-18)23(26)25-22(21-7-4-12-29-21)17-9-8-15-5-2-3-6-16(15)13-17/h4,7-14,22H,2-3,5-6H2,1H3,(H,25,26). The number of nitrogens with one attached hydrogen (secondary N) is 1. The van der Waals surface area contributed by atoms with E-state index >= 15 is 0 Å². The van der Waals surface area contributed by atoms with Gasteiger partial charge in [-0.05, 0) is 72.0 Å². The third kappa shape index (κ3) is 4.46. The molecule has 0 bridgehead atoms. The fourth-order valence-corrected chi connectivity index (χ4v) is 5.48. The van der Waals surface area contributed by atoms with E-state index in [1.807, 2.05) is 17.5 Å². The molecule has 1 aliphatic rings. The molecular weight excluding hydrogens is 438 g/mol. The predicted molar refractivity (Wildman–Crippen MR) is 121 cm³/mol. The summed E-state index contributed by atoms with van der Waals surface area (Å²) in [4.78, 5) is 14.2. The highest BCUT2D eigenvalue weighted by atomic mass is 35.5. The zero-order valence-corrected chi connectivity index (χ0v) is 18.9. The lowest BCUT2D eigenvalue weighted by Crippen LogP contribution is -2.29. The van der Waals surface area contributed by atoms with Crippen LogP contribution in [0.2, 0.25) is 5.02 Å². The zero-order chi connectivity index (χ0) is 21.3. The van der Waals surface area contributed by atoms with Crippen molar-refractivity contribution in [3.8, 4) is 0 Å². The molecule has 1 aliphatic carbocycles. The van der Waals surface area contributed by atoms with Crippen molar-refractivity contribution in [2.24, 2.45) is 0 Å². The van der Waals surface area contributed by atoms with Crippen molar-refractivity contribution in [1.29, 1.82) is 0 Å². The molecule has 0 saturated carbocycles. The Labute approximate surface area is 185 Å². The maximum Gasteiger partial charge on any atom is 0.253 e. The van der Waals surface area contributed by atoms with E-state index in [0.717, 1.165) is 29.5 Å². The Balaban J connectivity index is 1.70. The number of aryl methyl sites for hydroxylation is 2. The lowest BCUT2D eigenvalue weighted by atomic mass is 9.89. The Morgan fingerprint density at radius 1 is 1.07 bits per heavy atom. The lowest BCUT2D eigenvalue weighted by Gasteiger charge is -2.22. The molecule has 1 aromatic heterocycles. The summed E-state index contributed by atoms with van der Waals surface area (Å²) in [5, 5.41) is 5.26. The first-order valence-electron chi connectivity index (χ1n) is 9.78. The molecule has 7 heteroatoms. The molecule has 0 aliphatic heterocycles. The van der Waals surface area contributed by atoms with E-state index in [1.54, 1.807) is 11.3 Å². The summed E-state index contributed by atoms with van der Waals surface area (Å²) in [5.41, 5.74) is 3.89. The first-order chi connectivity index (χ1) is 14.3. The number of sulfone groups is 1. The third-order valence-corrected chi connectivity index (χ3v) is 7.80. The third-order valence-electron chi connectivity index (χ3n) is 5.42. The first-order valence-corrected chi connectivity index (χ1v) is 12.9. The lowest BCUT2D eigenvalue weighted by molar-refractivity contribution is 0.0943. The van der Waals surface area contributed by atoms with Gasteiger partial charge in [-0.3, -0.25) is 4.79 Å². The van der Waals surface area contributed by atoms with Crippen molar-refractivity contribution in [2.45, 2.75) is 36.6 Å². The molecule has 4 rings (SSSR count). The van der Waals surface area contributed by atoms with Crippen molar-refractivity contribution in [1.82, 2.24) is 5.32 Å². The molecule has 1 N–H and O–H groups in total. The van der Waals surface area contributed by atoms with Gasteiger partial charge in [-0.2, -0.15) is 0 Å². The highest BCUT2D eigenvalue weighted by Crippen LogP contribution is 2.31. The van der Waals surface area contributed by atoms with E-state index in [2.05, 4.69) is 23.5 Å². The van der Waals surface area contributed by atoms with Crippen LogP contribution in [0.1, 0.15) is 50.8 Å². The minimum atomic E-state index is -3.45. The number of thiophene rings is 1. The van der Waals surface area contributed by atoms with Crippen LogP contribution in [0.5, 0.6) is 0 Å². The molecule has 0 fully saturated rings. The number of hydrogen-bond donors (Lipinski definition) is 1. The second kappa shape index (κ2) is 8.53. The molecule has 0 saturated heterocycles. The van der Waals surface area contributed by atoms with E-state index in [4.69, 9.17) is 11.6 Å². The average molecular weight is 460 g/mol. The van der Waals surface area contributed by atoms with Crippen LogP contribution in [0, 0.1) is 0 Å². The number of carbonyl (C=O) groups is 1. The normalized spacial score (nSPS) is 14.7. The minimum Gasteiger partial charge on any atom is -0.340 e. The summed E-state index contributed by atoms with van der Waals surface area (Å²) < 4.78 is 23.8. The number of halogens is 1. The molecule has 0 spiro atoms. The molecule has 2 aromatic carbocycles. The van der Waals surface area contributed by atoms with Crippen molar-refractivity contribution < 1.29 is 13.2 Å². The Kier molecular flexibility index (Phi) is 6.00. The van der Waals surface area contributed by atoms with E-state index in [1.165, 1.54) is 42.2 Å². The van der Waals surface area contributed by atoms with Gasteiger partial charge in [0, 0.05) is 11.1 Å². The molecule has 30 heavy (non-hydrogen) atoms. The van der Waals surface area contributed by atoms with Gasteiger partial charge in [-0.15, -0.1) is 11.3 Å². The second-order valence-corrected chi connectivity index (χ2v) is 11.0. The summed E-state index contributed by atoms with van der Waals surface area (Å²) in [6, 6.07) is 14.2. The van der Waals surface area contributed by atoms with Gasteiger partial charge in [0.25, 0.3) is 5.91 Å². The molecule has 1 heterocycles. The Bertz CT molecular complexity index is 1190. The highest BCUT2D eigenvalue weighted by Gasteiger charge is 2.23. The van der Waals surface area contributed by atoms with Gasteiger partial charge >= 0.3 is 0 Å². The molecule has 1 atom stereocenters. The predicted octanol–water partition coefficient (Wildman–Crippen LogP) is 5.20. The summed E-state index contributed by atoms with van der Waals surface area (Å²) in [6.07, 6.45) is 5.66. The van der Waals surface area contributed by atoms with Crippen LogP contribution in [0.4, 0.5) is 0 Å². The molecule has 3 aromatic rings. The number of hydrogen-bond acceptors (Lipinski definition) is 4. The maximum atomic E-state index is 13.1. The van der Waals surface area contributed by atoms with Crippen LogP contribution in [0.3, 0.4) is 0 Å². The first kappa shape index (κ1) is 21.1. The van der Waals surface area contributed by atoms with E-state index < -0.39 is 15.7 Å². The molecule has 156 valence electrons. The second-order valence-electron chi connectivity index (χ2n) is 7.57. The Hall–Kier alpha value is -2.15. The van der Waals surface area contributed by atoms with E-state index in [-0.39, 0.29) is 21.5 Å². The van der Waals surface area contributed by atoms with Crippen LogP contribution in [0.25, 0.3) is 0 Å². The minimum absolute atomic E-state index is 0.0681. The van der Waals surface area contributed by atoms with Crippen LogP contribution in [-0.2, 0) is 22.7 Å². The number of carbonyl (C=O) groups excluding carboxylic acids is 1. The van der Waals surface area contributed by atoms with Crippen LogP contribution >= 0.6 is 22.9 Å². The summed E-state index contributed by atoms with van der Waals surface area (Å²) in [6.45, 7) is 0. The number of fused-ring (bicyclic) bond motifs is 1. The summed E-state index contributed by atoms with van der Waals surface area (Å²) >= 11 is 7.81. The van der Waals surface area contributed by atoms with Gasteiger partial charge in [-0.1, -0.05) is 35.9 Å². The fraction of sp³-hybridized carbons (Fsp3) is 0.261. The van der Waals surface area contributed by atoms with Crippen molar-refractivity contribution in [3.63, 3.8) is 0 Å². The Morgan fingerprint density at radius 3 is 2.53 bits per heavy atom. The fourth-order valence-electron chi connectivity index (χ4n) is 3.83. The number of rotatable bonds is 5. The number of benzene rings is 2. The average Bonchev–Trinajstić information content (AvgIpc) is 3.25. The SMILES string of the molecule is CS(=O)(=O)c1ccc(Cl)c(C(=O)NC(c2ccc3c(c2)CCCC3)c2cccs2)c1. The van der Waals surface area contributed by atoms with Crippen molar-refractivity contribution in [2.75, 3.05) is 6.26 Å². The molecule has 0 radical (unpaired) electrons. The smallest absolute Gasteiger partial charge is 0.253 e. The molecule has 1 amide bonds. The van der Waals surface area contributed by atoms with Crippen molar-refractivity contribution in [3.05, 3.63) is 86.1 Å². The van der Waals surface area contributed by atoms with Crippen molar-refractivity contribution >= 4 is 38.7 Å². The topological polar surface area (TPSA) is 63.2 Å². The van der Waals surface area contributed by atoms with Gasteiger partial charge in [0.1, 0.15) is 0 Å². The van der Waals surface area contributed by atoms with Gasteiger partial charge in [0.05, 0.1) is 21.5 Å². The Morgan fingerprint density at radius 2 is 1.83 bits per heavy atom. The summed E-state index contributed by atoms with van der Waals surface area (Å²) in [7, 11) is -3.45. The zero-order valence-electron chi connectivity index (χ0n) is 16.5. The molecule has 4 nitrogen and oxygen atoms in total. The van der Waals surface area contributed by atoms with E-state index in [9.17, 15) is 13.2 Å². The largest absolute Gasteiger partial charge is 0.340 e. The monoisotopic (exact) mass is 459 g/mol. The maximum absolute atomic E-state index is 13.1. The van der Waals surface area contributed by atoms with Gasteiger partial charge in [0.15, 0.2) is 9.84 Å². The molecule has 1 unspecified atom stereocenters. The van der Waals surface area contributed by atoms with Crippen LogP contribution in [0.15, 0.2) is 58.8 Å². The highest BCUT2D eigenvalue weighted by molar-refractivity contribution is 7.90. The molecular formula is C23H22ClNO3S2. The summed E-state index contributed by atoms with van der Waals surface area (Å²) in [5.74, 6) is -0.401. The quantitative estimate of drug-likeness (QED) is 0.570. The van der Waals surface area contributed by atoms with Crippen LogP contribution in [-0.4, -0.2) is 20.6 Å². The van der Waals surface area contributed by atoms with Gasteiger partial charge in [-0.25, -0.2) is 8.42 Å². The van der Waals surface area contributed by atoms with E-state index in [0.29, 0.717) is 0 Å².